The lowest BCUT2D eigenvalue weighted by atomic mass is 10.2. The number of alkyl halides is 1. The molecule has 0 aliphatic rings. The van der Waals surface area contributed by atoms with Crippen LogP contribution in [0.2, 0.25) is 0 Å². The highest BCUT2D eigenvalue weighted by Gasteiger charge is 2.05. The van der Waals surface area contributed by atoms with Gasteiger partial charge >= 0.3 is 0 Å². The van der Waals surface area contributed by atoms with Crippen molar-refractivity contribution in [3.8, 4) is 0 Å². The van der Waals surface area contributed by atoms with Gasteiger partial charge in [0.1, 0.15) is 0 Å². The standard InChI is InChI=1S/C9H8ClN3O/c10-5-8-12-7-4-2-1-3-6(7)9(11)13(8)14/h1-4,11,14H,5H2. The molecule has 0 saturated heterocycles. The Hall–Kier alpha value is -1.55. The number of benzene rings is 1. The van der Waals surface area contributed by atoms with Crippen LogP contribution in [0.3, 0.4) is 0 Å². The molecule has 5 heteroatoms. The molecule has 2 rings (SSSR count). The summed E-state index contributed by atoms with van der Waals surface area (Å²) < 4.78 is 0.704. The van der Waals surface area contributed by atoms with Crippen LogP contribution < -0.4 is 5.49 Å². The number of aromatic nitrogens is 2. The minimum atomic E-state index is 0.00579. The normalized spacial score (nSPS) is 10.6. The second kappa shape index (κ2) is 3.31. The number of rotatable bonds is 1. The van der Waals surface area contributed by atoms with E-state index in [-0.39, 0.29) is 17.2 Å². The molecule has 2 N–H and O–H groups in total. The van der Waals surface area contributed by atoms with Crippen LogP contribution in [0.5, 0.6) is 0 Å². The fraction of sp³-hybridized carbons (Fsp3) is 0.111. The lowest BCUT2D eigenvalue weighted by Gasteiger charge is -2.05. The highest BCUT2D eigenvalue weighted by molar-refractivity contribution is 6.16. The van der Waals surface area contributed by atoms with Crippen molar-refractivity contribution in [2.75, 3.05) is 0 Å². The van der Waals surface area contributed by atoms with Crippen LogP contribution in [-0.4, -0.2) is 14.9 Å². The number of hydrogen-bond acceptors (Lipinski definition) is 3. The van der Waals surface area contributed by atoms with Crippen molar-refractivity contribution in [1.29, 1.82) is 5.41 Å². The first-order valence-electron chi connectivity index (χ1n) is 4.04. The van der Waals surface area contributed by atoms with E-state index in [1.165, 1.54) is 0 Å². The largest absolute Gasteiger partial charge is 0.425 e. The number of halogens is 1. The molecule has 0 fully saturated rings. The Balaban J connectivity index is 2.92. The molecule has 4 nitrogen and oxygen atoms in total. The Morgan fingerprint density at radius 2 is 2.14 bits per heavy atom. The first-order chi connectivity index (χ1) is 6.74. The zero-order chi connectivity index (χ0) is 10.1. The van der Waals surface area contributed by atoms with E-state index in [1.54, 1.807) is 18.2 Å². The molecule has 0 bridgehead atoms. The molecule has 0 saturated carbocycles. The number of nitrogens with one attached hydrogen (secondary N) is 1. The topological polar surface area (TPSA) is 61.9 Å². The number of hydrogen-bond donors (Lipinski definition) is 2. The molecule has 14 heavy (non-hydrogen) atoms. The molecule has 1 aromatic heterocycles. The first kappa shape index (κ1) is 9.02. The smallest absolute Gasteiger partial charge is 0.172 e. The summed E-state index contributed by atoms with van der Waals surface area (Å²) in [7, 11) is 0. The Morgan fingerprint density at radius 1 is 1.43 bits per heavy atom. The second-order valence-corrected chi connectivity index (χ2v) is 3.11. The van der Waals surface area contributed by atoms with Crippen LogP contribution in [0.1, 0.15) is 5.82 Å². The Morgan fingerprint density at radius 3 is 2.86 bits per heavy atom. The minimum Gasteiger partial charge on any atom is -0.425 e. The first-order valence-corrected chi connectivity index (χ1v) is 4.58. The summed E-state index contributed by atoms with van der Waals surface area (Å²) in [6.07, 6.45) is 0. The molecule has 0 unspecified atom stereocenters. The van der Waals surface area contributed by atoms with Crippen LogP contribution in [0.25, 0.3) is 10.9 Å². The maximum atomic E-state index is 9.48. The van der Waals surface area contributed by atoms with Gasteiger partial charge in [0.25, 0.3) is 0 Å². The van der Waals surface area contributed by atoms with Crippen molar-refractivity contribution >= 4 is 22.5 Å². The number of nitrogens with zero attached hydrogens (tertiary/aromatic N) is 2. The third kappa shape index (κ3) is 1.24. The SMILES string of the molecule is N=c1c2ccccc2nc(CCl)n1O. The molecule has 0 spiro atoms. The lowest BCUT2D eigenvalue weighted by molar-refractivity contribution is 0.160. The molecule has 0 amide bonds. The minimum absolute atomic E-state index is 0.00579. The van der Waals surface area contributed by atoms with E-state index in [0.29, 0.717) is 15.6 Å². The van der Waals surface area contributed by atoms with Crippen molar-refractivity contribution in [1.82, 2.24) is 9.71 Å². The highest BCUT2D eigenvalue weighted by Crippen LogP contribution is 2.07. The van der Waals surface area contributed by atoms with E-state index in [4.69, 9.17) is 17.0 Å². The lowest BCUT2D eigenvalue weighted by Crippen LogP contribution is -2.22. The highest BCUT2D eigenvalue weighted by atomic mass is 35.5. The fourth-order valence-corrected chi connectivity index (χ4v) is 1.46. The zero-order valence-corrected chi connectivity index (χ0v) is 7.99. The molecule has 72 valence electrons. The average molecular weight is 210 g/mol. The van der Waals surface area contributed by atoms with Gasteiger partial charge in [0, 0.05) is 5.39 Å². The maximum absolute atomic E-state index is 9.48. The van der Waals surface area contributed by atoms with E-state index >= 15 is 0 Å². The molecule has 2 aromatic rings. The van der Waals surface area contributed by atoms with Gasteiger partial charge in [-0.05, 0) is 12.1 Å². The van der Waals surface area contributed by atoms with Crippen molar-refractivity contribution < 1.29 is 5.21 Å². The quantitative estimate of drug-likeness (QED) is 0.552. The summed E-state index contributed by atoms with van der Waals surface area (Å²) in [6, 6.07) is 7.13. The predicted molar refractivity (Wildman–Crippen MR) is 52.3 cm³/mol. The van der Waals surface area contributed by atoms with Crippen molar-refractivity contribution in [3.63, 3.8) is 0 Å². The zero-order valence-electron chi connectivity index (χ0n) is 7.24. The van der Waals surface area contributed by atoms with Crippen molar-refractivity contribution in [3.05, 3.63) is 35.6 Å². The number of fused-ring (bicyclic) bond motifs is 1. The molecular formula is C9H8ClN3O. The van der Waals surface area contributed by atoms with Gasteiger partial charge < -0.3 is 5.21 Å². The summed E-state index contributed by atoms with van der Waals surface area (Å²) in [5.41, 5.74) is 0.671. The van der Waals surface area contributed by atoms with Gasteiger partial charge in [0.2, 0.25) is 0 Å². The van der Waals surface area contributed by atoms with Crippen molar-refractivity contribution in [2.45, 2.75) is 5.88 Å². The van der Waals surface area contributed by atoms with E-state index in [2.05, 4.69) is 4.98 Å². The van der Waals surface area contributed by atoms with Crippen LogP contribution in [0, 0.1) is 5.41 Å². The molecule has 0 atom stereocenters. The van der Waals surface area contributed by atoms with Crippen LogP contribution in [0.15, 0.2) is 24.3 Å². The van der Waals surface area contributed by atoms with Gasteiger partial charge in [-0.2, -0.15) is 4.73 Å². The predicted octanol–water partition coefficient (Wildman–Crippen LogP) is 1.49. The summed E-state index contributed by atoms with van der Waals surface area (Å²) in [4.78, 5) is 4.12. The molecule has 0 aliphatic carbocycles. The van der Waals surface area contributed by atoms with Gasteiger partial charge in [0.05, 0.1) is 11.4 Å². The van der Waals surface area contributed by atoms with E-state index in [1.807, 2.05) is 6.07 Å². The molecular weight excluding hydrogens is 202 g/mol. The Labute approximate surface area is 84.9 Å². The van der Waals surface area contributed by atoms with Crippen LogP contribution in [-0.2, 0) is 5.88 Å². The molecule has 1 heterocycles. The van der Waals surface area contributed by atoms with Gasteiger partial charge in [-0.25, -0.2) is 4.98 Å². The van der Waals surface area contributed by atoms with Gasteiger partial charge in [0.15, 0.2) is 11.3 Å². The molecule has 1 aromatic carbocycles. The summed E-state index contributed by atoms with van der Waals surface area (Å²) >= 11 is 5.58. The number of para-hydroxylation sites is 1. The van der Waals surface area contributed by atoms with Crippen LogP contribution in [0.4, 0.5) is 0 Å². The third-order valence-corrected chi connectivity index (χ3v) is 2.22. The van der Waals surface area contributed by atoms with Crippen molar-refractivity contribution in [2.24, 2.45) is 0 Å². The fourth-order valence-electron chi connectivity index (χ4n) is 1.29. The van der Waals surface area contributed by atoms with Gasteiger partial charge in [-0.15, -0.1) is 11.6 Å². The summed E-state index contributed by atoms with van der Waals surface area (Å²) in [5, 5.41) is 17.7. The van der Waals surface area contributed by atoms with Gasteiger partial charge in [-0.3, -0.25) is 5.41 Å². The van der Waals surface area contributed by atoms with Gasteiger partial charge in [-0.1, -0.05) is 12.1 Å². The average Bonchev–Trinajstić information content (AvgIpc) is 2.23. The summed E-state index contributed by atoms with van der Waals surface area (Å²) in [5.74, 6) is 0.350. The molecule has 0 radical (unpaired) electrons. The third-order valence-electron chi connectivity index (χ3n) is 1.98. The summed E-state index contributed by atoms with van der Waals surface area (Å²) in [6.45, 7) is 0. The second-order valence-electron chi connectivity index (χ2n) is 2.84. The van der Waals surface area contributed by atoms with Crippen LogP contribution >= 0.6 is 11.6 Å². The monoisotopic (exact) mass is 209 g/mol. The van der Waals surface area contributed by atoms with E-state index in [9.17, 15) is 5.21 Å². The maximum Gasteiger partial charge on any atom is 0.172 e. The molecule has 0 aliphatic heterocycles. The van der Waals surface area contributed by atoms with E-state index in [0.717, 1.165) is 0 Å². The Kier molecular flexibility index (Phi) is 2.13. The van der Waals surface area contributed by atoms with E-state index < -0.39 is 0 Å². The Bertz CT molecular complexity index is 535.